The molecule has 4 nitrogen and oxygen atoms in total. The summed E-state index contributed by atoms with van der Waals surface area (Å²) in [4.78, 5) is 15.3. The first-order valence-corrected chi connectivity index (χ1v) is 5.76. The summed E-state index contributed by atoms with van der Waals surface area (Å²) in [6.45, 7) is 0.184. The first-order chi connectivity index (χ1) is 9.16. The van der Waals surface area contributed by atoms with Gasteiger partial charge in [0.1, 0.15) is 12.1 Å². The van der Waals surface area contributed by atoms with E-state index in [1.165, 1.54) is 23.2 Å². The molecule has 0 saturated heterocycles. The van der Waals surface area contributed by atoms with E-state index >= 15 is 0 Å². The van der Waals surface area contributed by atoms with Gasteiger partial charge in [-0.05, 0) is 18.6 Å². The Labute approximate surface area is 108 Å². The van der Waals surface area contributed by atoms with Crippen molar-refractivity contribution in [3.05, 3.63) is 48.6 Å². The number of ether oxygens (including phenoxy) is 1. The van der Waals surface area contributed by atoms with E-state index in [9.17, 15) is 13.6 Å². The van der Waals surface area contributed by atoms with Crippen LogP contribution in [-0.2, 0) is 0 Å². The van der Waals surface area contributed by atoms with Gasteiger partial charge >= 0.3 is 0 Å². The molecule has 1 aromatic carbocycles. The maximum Gasteiger partial charge on any atom is 0.231 e. The average molecular weight is 266 g/mol. The Bertz CT molecular complexity index is 556. The fraction of sp³-hybridized carbons (Fsp3) is 0.231. The average Bonchev–Trinajstić information content (AvgIpc) is 2.90. The van der Waals surface area contributed by atoms with Gasteiger partial charge in [-0.25, -0.2) is 13.8 Å². The first-order valence-electron chi connectivity index (χ1n) is 5.76. The van der Waals surface area contributed by atoms with E-state index < -0.39 is 11.6 Å². The zero-order chi connectivity index (χ0) is 13.7. The second-order valence-corrected chi connectivity index (χ2v) is 3.89. The highest BCUT2D eigenvalue weighted by Crippen LogP contribution is 2.17. The summed E-state index contributed by atoms with van der Waals surface area (Å²) in [5.74, 6) is -1.53. The molecule has 0 saturated carbocycles. The van der Waals surface area contributed by atoms with Crippen LogP contribution < -0.4 is 4.74 Å². The van der Waals surface area contributed by atoms with E-state index in [4.69, 9.17) is 4.74 Å². The van der Waals surface area contributed by atoms with Gasteiger partial charge in [0.2, 0.25) is 5.91 Å². The van der Waals surface area contributed by atoms with Crippen molar-refractivity contribution in [2.45, 2.75) is 12.8 Å². The molecule has 0 spiro atoms. The van der Waals surface area contributed by atoms with E-state index in [-0.39, 0.29) is 24.7 Å². The fourth-order valence-corrected chi connectivity index (χ4v) is 1.53. The Kier molecular flexibility index (Phi) is 4.22. The van der Waals surface area contributed by atoms with Crippen LogP contribution in [0, 0.1) is 11.6 Å². The van der Waals surface area contributed by atoms with Crippen molar-refractivity contribution in [2.24, 2.45) is 0 Å². The SMILES string of the molecule is O=C(CCCOc1ccc(F)cc1F)n1ccnc1. The van der Waals surface area contributed by atoms with Crippen LogP contribution in [0.4, 0.5) is 8.78 Å². The standard InChI is InChI=1S/C13H12F2N2O2/c14-10-3-4-12(11(15)8-10)19-7-1-2-13(18)17-6-5-16-9-17/h3-6,8-9H,1-2,7H2. The summed E-state index contributed by atoms with van der Waals surface area (Å²) < 4.78 is 32.4. The maximum atomic E-state index is 13.2. The molecule has 0 aliphatic rings. The predicted molar refractivity (Wildman–Crippen MR) is 63.9 cm³/mol. The number of aromatic nitrogens is 2. The second-order valence-electron chi connectivity index (χ2n) is 3.89. The third kappa shape index (κ3) is 3.61. The van der Waals surface area contributed by atoms with Gasteiger partial charge in [-0.2, -0.15) is 0 Å². The monoisotopic (exact) mass is 266 g/mol. The molecule has 0 unspecified atom stereocenters. The smallest absolute Gasteiger partial charge is 0.231 e. The van der Waals surface area contributed by atoms with Crippen LogP contribution in [0.5, 0.6) is 5.75 Å². The van der Waals surface area contributed by atoms with E-state index in [1.807, 2.05) is 0 Å². The largest absolute Gasteiger partial charge is 0.491 e. The van der Waals surface area contributed by atoms with Crippen molar-refractivity contribution in [1.29, 1.82) is 0 Å². The van der Waals surface area contributed by atoms with Gasteiger partial charge in [-0.1, -0.05) is 0 Å². The normalized spacial score (nSPS) is 10.4. The Morgan fingerprint density at radius 2 is 2.21 bits per heavy atom. The minimum absolute atomic E-state index is 0.0171. The number of carbonyl (C=O) groups is 1. The highest BCUT2D eigenvalue weighted by Gasteiger charge is 2.06. The Morgan fingerprint density at radius 1 is 1.37 bits per heavy atom. The number of hydrogen-bond acceptors (Lipinski definition) is 3. The molecule has 0 N–H and O–H groups in total. The number of rotatable bonds is 5. The van der Waals surface area contributed by atoms with Crippen molar-refractivity contribution >= 4 is 5.91 Å². The minimum Gasteiger partial charge on any atom is -0.491 e. The van der Waals surface area contributed by atoms with Gasteiger partial charge in [0.15, 0.2) is 11.6 Å². The van der Waals surface area contributed by atoms with Crippen molar-refractivity contribution in [2.75, 3.05) is 6.61 Å². The molecule has 100 valence electrons. The first kappa shape index (κ1) is 13.2. The van der Waals surface area contributed by atoms with Gasteiger partial charge in [0, 0.05) is 24.9 Å². The van der Waals surface area contributed by atoms with E-state index in [2.05, 4.69) is 4.98 Å². The summed E-state index contributed by atoms with van der Waals surface area (Å²) in [7, 11) is 0. The van der Waals surface area contributed by atoms with Crippen LogP contribution in [0.3, 0.4) is 0 Å². The molecule has 2 aromatic rings. The molecule has 19 heavy (non-hydrogen) atoms. The highest BCUT2D eigenvalue weighted by molar-refractivity contribution is 5.78. The Hall–Kier alpha value is -2.24. The van der Waals surface area contributed by atoms with Gasteiger partial charge in [0.25, 0.3) is 0 Å². The molecule has 0 aliphatic heterocycles. The van der Waals surface area contributed by atoms with Crippen molar-refractivity contribution in [3.8, 4) is 5.75 Å². The molecular weight excluding hydrogens is 254 g/mol. The Balaban J connectivity index is 1.76. The van der Waals surface area contributed by atoms with Gasteiger partial charge in [0.05, 0.1) is 6.61 Å². The lowest BCUT2D eigenvalue weighted by Crippen LogP contribution is -2.10. The highest BCUT2D eigenvalue weighted by atomic mass is 19.1. The third-order valence-electron chi connectivity index (χ3n) is 2.48. The topological polar surface area (TPSA) is 44.1 Å². The van der Waals surface area contributed by atoms with Gasteiger partial charge in [-0.3, -0.25) is 9.36 Å². The van der Waals surface area contributed by atoms with Crippen LogP contribution in [0.1, 0.15) is 17.6 Å². The molecule has 0 fully saturated rings. The van der Waals surface area contributed by atoms with Crippen LogP contribution in [0.25, 0.3) is 0 Å². The molecule has 1 aromatic heterocycles. The molecule has 2 rings (SSSR count). The Morgan fingerprint density at radius 3 is 2.89 bits per heavy atom. The zero-order valence-electron chi connectivity index (χ0n) is 10.1. The maximum absolute atomic E-state index is 13.2. The summed E-state index contributed by atoms with van der Waals surface area (Å²) in [6.07, 6.45) is 5.20. The van der Waals surface area contributed by atoms with Crippen LogP contribution in [0.15, 0.2) is 36.9 Å². The molecule has 6 heteroatoms. The summed E-state index contributed by atoms with van der Waals surface area (Å²) in [6, 6.07) is 3.10. The predicted octanol–water partition coefficient (Wildman–Crippen LogP) is 2.66. The number of hydrogen-bond donors (Lipinski definition) is 0. The summed E-state index contributed by atoms with van der Waals surface area (Å²) in [5, 5.41) is 0. The molecule has 0 amide bonds. The zero-order valence-corrected chi connectivity index (χ0v) is 10.1. The van der Waals surface area contributed by atoms with Crippen molar-refractivity contribution in [3.63, 3.8) is 0 Å². The van der Waals surface area contributed by atoms with Crippen LogP contribution in [0.2, 0.25) is 0 Å². The molecule has 0 radical (unpaired) electrons. The fourth-order valence-electron chi connectivity index (χ4n) is 1.53. The van der Waals surface area contributed by atoms with Gasteiger partial charge < -0.3 is 4.74 Å². The van der Waals surface area contributed by atoms with E-state index in [0.717, 1.165) is 12.1 Å². The molecule has 0 atom stereocenters. The van der Waals surface area contributed by atoms with Crippen LogP contribution in [-0.4, -0.2) is 22.1 Å². The number of imidazole rings is 1. The number of halogens is 2. The number of benzene rings is 1. The summed E-state index contributed by atoms with van der Waals surface area (Å²) >= 11 is 0. The van der Waals surface area contributed by atoms with Crippen molar-refractivity contribution < 1.29 is 18.3 Å². The quantitative estimate of drug-likeness (QED) is 0.781. The number of carbonyl (C=O) groups excluding carboxylic acids is 1. The molecular formula is C13H12F2N2O2. The lowest BCUT2D eigenvalue weighted by molar-refractivity contribution is 0.0892. The second kappa shape index (κ2) is 6.08. The molecule has 0 bridgehead atoms. The third-order valence-corrected chi connectivity index (χ3v) is 2.48. The summed E-state index contributed by atoms with van der Waals surface area (Å²) in [5.41, 5.74) is 0. The lowest BCUT2D eigenvalue weighted by Gasteiger charge is -2.06. The van der Waals surface area contributed by atoms with Crippen LogP contribution >= 0.6 is 0 Å². The molecule has 0 aliphatic carbocycles. The number of nitrogens with zero attached hydrogens (tertiary/aromatic N) is 2. The van der Waals surface area contributed by atoms with Gasteiger partial charge in [-0.15, -0.1) is 0 Å². The van der Waals surface area contributed by atoms with Crippen molar-refractivity contribution in [1.82, 2.24) is 9.55 Å². The van der Waals surface area contributed by atoms with E-state index in [0.29, 0.717) is 6.42 Å². The molecule has 1 heterocycles. The lowest BCUT2D eigenvalue weighted by atomic mass is 10.3. The van der Waals surface area contributed by atoms with E-state index in [1.54, 1.807) is 6.20 Å². The minimum atomic E-state index is -0.749.